The smallest absolute Gasteiger partial charge is 0.313 e. The van der Waals surface area contributed by atoms with Crippen LogP contribution in [0.15, 0.2) is 29.2 Å². The monoisotopic (exact) mass is 393 g/mol. The number of ketones is 1. The van der Waals surface area contributed by atoms with Crippen LogP contribution < -0.4 is 0 Å². The largest absolute Gasteiger partial charge is 0.458 e. The van der Waals surface area contributed by atoms with Crippen molar-refractivity contribution in [1.82, 2.24) is 4.31 Å². The zero-order valence-electron chi connectivity index (χ0n) is 15.9. The molecule has 2 aliphatic rings. The van der Waals surface area contributed by atoms with Crippen LogP contribution in [0.3, 0.4) is 0 Å². The third-order valence-electron chi connectivity index (χ3n) is 5.79. The molecule has 0 aromatic heterocycles. The van der Waals surface area contributed by atoms with Crippen LogP contribution in [-0.4, -0.2) is 44.2 Å². The van der Waals surface area contributed by atoms with Gasteiger partial charge in [0.05, 0.1) is 4.90 Å². The van der Waals surface area contributed by atoms with Crippen molar-refractivity contribution in [3.05, 3.63) is 29.8 Å². The van der Waals surface area contributed by atoms with E-state index in [9.17, 15) is 18.0 Å². The van der Waals surface area contributed by atoms with Gasteiger partial charge in [0.15, 0.2) is 0 Å². The highest BCUT2D eigenvalue weighted by molar-refractivity contribution is 7.89. The number of Topliss-reactive ketones (excluding diaryl/α,β-unsaturated/α-hetero) is 1. The van der Waals surface area contributed by atoms with Crippen molar-refractivity contribution in [3.63, 3.8) is 0 Å². The summed E-state index contributed by atoms with van der Waals surface area (Å²) in [5.41, 5.74) is 0.274. The van der Waals surface area contributed by atoms with Crippen LogP contribution in [0.5, 0.6) is 0 Å². The predicted octanol–water partition coefficient (Wildman–Crippen LogP) is 2.70. The minimum atomic E-state index is -3.45. The highest BCUT2D eigenvalue weighted by Crippen LogP contribution is 2.43. The van der Waals surface area contributed by atoms with Gasteiger partial charge >= 0.3 is 5.97 Å². The molecule has 7 heteroatoms. The van der Waals surface area contributed by atoms with Crippen molar-refractivity contribution in [2.75, 3.05) is 14.1 Å². The zero-order chi connectivity index (χ0) is 19.7. The van der Waals surface area contributed by atoms with Crippen LogP contribution in [0.2, 0.25) is 0 Å². The number of cyclic esters (lactones) is 1. The minimum Gasteiger partial charge on any atom is -0.458 e. The molecule has 1 aliphatic heterocycles. The number of aryl methyl sites for hydroxylation is 1. The second-order valence-electron chi connectivity index (χ2n) is 7.84. The predicted molar refractivity (Wildman–Crippen MR) is 101 cm³/mol. The molecular weight excluding hydrogens is 366 g/mol. The average Bonchev–Trinajstić information content (AvgIpc) is 3.15. The molecular formula is C20H27NO5S. The first-order chi connectivity index (χ1) is 12.7. The molecule has 1 aromatic rings. The molecule has 2 fully saturated rings. The molecule has 27 heavy (non-hydrogen) atoms. The summed E-state index contributed by atoms with van der Waals surface area (Å²) >= 11 is 0. The van der Waals surface area contributed by atoms with Crippen molar-refractivity contribution in [1.29, 1.82) is 0 Å². The maximum Gasteiger partial charge on any atom is 0.313 e. The fraction of sp³-hybridized carbons (Fsp3) is 0.600. The van der Waals surface area contributed by atoms with Gasteiger partial charge in [-0.1, -0.05) is 25.0 Å². The lowest BCUT2D eigenvalue weighted by Crippen LogP contribution is -2.48. The number of carbonyl (C=O) groups excluding carboxylic acids is 2. The molecule has 3 rings (SSSR count). The molecule has 1 saturated heterocycles. The number of carbonyl (C=O) groups is 2. The number of hydrogen-bond donors (Lipinski definition) is 0. The van der Waals surface area contributed by atoms with E-state index in [4.69, 9.17) is 4.74 Å². The molecule has 148 valence electrons. The van der Waals surface area contributed by atoms with E-state index in [0.29, 0.717) is 19.3 Å². The topological polar surface area (TPSA) is 80.8 Å². The van der Waals surface area contributed by atoms with Gasteiger partial charge in [-0.15, -0.1) is 0 Å². The Kier molecular flexibility index (Phi) is 5.72. The van der Waals surface area contributed by atoms with Crippen molar-refractivity contribution >= 4 is 21.8 Å². The number of sulfonamides is 1. The Morgan fingerprint density at radius 1 is 1.11 bits per heavy atom. The number of esters is 1. The van der Waals surface area contributed by atoms with Gasteiger partial charge in [0.2, 0.25) is 10.0 Å². The average molecular weight is 394 g/mol. The van der Waals surface area contributed by atoms with Gasteiger partial charge < -0.3 is 4.74 Å². The fourth-order valence-electron chi connectivity index (χ4n) is 4.27. The summed E-state index contributed by atoms with van der Waals surface area (Å²) in [5, 5.41) is 0. The van der Waals surface area contributed by atoms with E-state index in [2.05, 4.69) is 0 Å². The van der Waals surface area contributed by atoms with Gasteiger partial charge in [0, 0.05) is 20.5 Å². The van der Waals surface area contributed by atoms with Crippen LogP contribution in [0.1, 0.15) is 50.5 Å². The molecule has 1 aliphatic carbocycles. The first kappa shape index (κ1) is 20.0. The van der Waals surface area contributed by atoms with Crippen LogP contribution in [0.25, 0.3) is 0 Å². The Morgan fingerprint density at radius 3 is 2.30 bits per heavy atom. The number of ether oxygens (including phenoxy) is 1. The van der Waals surface area contributed by atoms with Crippen molar-refractivity contribution in [3.8, 4) is 0 Å². The maximum atomic E-state index is 12.2. The molecule has 1 atom stereocenters. The van der Waals surface area contributed by atoms with Gasteiger partial charge in [-0.2, -0.15) is 0 Å². The van der Waals surface area contributed by atoms with Crippen LogP contribution >= 0.6 is 0 Å². The van der Waals surface area contributed by atoms with Gasteiger partial charge in [-0.05, 0) is 49.3 Å². The second kappa shape index (κ2) is 7.72. The summed E-state index contributed by atoms with van der Waals surface area (Å²) in [7, 11) is -0.443. The summed E-state index contributed by atoms with van der Waals surface area (Å²) in [5.74, 6) is -0.213. The molecule has 1 saturated carbocycles. The van der Waals surface area contributed by atoms with Crippen LogP contribution in [0.4, 0.5) is 0 Å². The SMILES string of the molecule is CN(C)S(=O)(=O)c1ccc(CCC2(C3CCCC3)CC(=O)CC(=O)O2)cc1. The lowest BCUT2D eigenvalue weighted by atomic mass is 9.76. The third kappa shape index (κ3) is 4.24. The zero-order valence-corrected chi connectivity index (χ0v) is 16.8. The highest BCUT2D eigenvalue weighted by Gasteiger charge is 2.47. The van der Waals surface area contributed by atoms with E-state index >= 15 is 0 Å². The lowest BCUT2D eigenvalue weighted by Gasteiger charge is -2.41. The number of rotatable bonds is 6. The molecule has 0 spiro atoms. The van der Waals surface area contributed by atoms with Gasteiger partial charge in [-0.25, -0.2) is 12.7 Å². The molecule has 1 heterocycles. The van der Waals surface area contributed by atoms with Gasteiger partial charge in [0.1, 0.15) is 17.8 Å². The van der Waals surface area contributed by atoms with Gasteiger partial charge in [0.25, 0.3) is 0 Å². The quantitative estimate of drug-likeness (QED) is 0.548. The molecule has 0 radical (unpaired) electrons. The summed E-state index contributed by atoms with van der Waals surface area (Å²) in [4.78, 5) is 24.3. The summed E-state index contributed by atoms with van der Waals surface area (Å²) in [6, 6.07) is 6.80. The van der Waals surface area contributed by atoms with Gasteiger partial charge in [-0.3, -0.25) is 9.59 Å². The van der Waals surface area contributed by atoms with Crippen molar-refractivity contribution in [2.24, 2.45) is 5.92 Å². The van der Waals surface area contributed by atoms with E-state index in [1.54, 1.807) is 24.3 Å². The van der Waals surface area contributed by atoms with E-state index in [0.717, 1.165) is 31.2 Å². The first-order valence-corrected chi connectivity index (χ1v) is 10.9. The summed E-state index contributed by atoms with van der Waals surface area (Å²) in [6.45, 7) is 0. The van der Waals surface area contributed by atoms with Crippen molar-refractivity contribution in [2.45, 2.75) is 61.9 Å². The number of hydrogen-bond acceptors (Lipinski definition) is 5. The Labute approximate surface area is 160 Å². The third-order valence-corrected chi connectivity index (χ3v) is 7.62. The molecule has 0 bridgehead atoms. The Balaban J connectivity index is 1.76. The molecule has 0 amide bonds. The maximum absolute atomic E-state index is 12.2. The molecule has 6 nitrogen and oxygen atoms in total. The summed E-state index contributed by atoms with van der Waals surface area (Å²) in [6.07, 6.45) is 5.60. The van der Waals surface area contributed by atoms with E-state index in [-0.39, 0.29) is 23.0 Å². The number of nitrogens with zero attached hydrogens (tertiary/aromatic N) is 1. The van der Waals surface area contributed by atoms with E-state index < -0.39 is 21.6 Å². The normalized spacial score (nSPS) is 24.4. The van der Waals surface area contributed by atoms with E-state index in [1.165, 1.54) is 18.4 Å². The Bertz CT molecular complexity index is 791. The Morgan fingerprint density at radius 2 is 1.74 bits per heavy atom. The van der Waals surface area contributed by atoms with Crippen molar-refractivity contribution < 1.29 is 22.7 Å². The minimum absolute atomic E-state index is 0.0365. The first-order valence-electron chi connectivity index (χ1n) is 9.48. The summed E-state index contributed by atoms with van der Waals surface area (Å²) < 4.78 is 31.3. The lowest BCUT2D eigenvalue weighted by molar-refractivity contribution is -0.178. The standard InChI is InChI=1S/C20H27NO5S/c1-21(2)27(24,25)18-9-7-15(8-10-18)11-12-20(16-5-3-4-6-16)14-17(22)13-19(23)26-20/h7-10,16H,3-6,11-14H2,1-2H3. The second-order valence-corrected chi connectivity index (χ2v) is 10.00. The van der Waals surface area contributed by atoms with Crippen LogP contribution in [0, 0.1) is 5.92 Å². The molecule has 1 aromatic carbocycles. The molecule has 0 N–H and O–H groups in total. The number of benzene rings is 1. The van der Waals surface area contributed by atoms with E-state index in [1.807, 2.05) is 0 Å². The highest BCUT2D eigenvalue weighted by atomic mass is 32.2. The van der Waals surface area contributed by atoms with Crippen LogP contribution in [-0.2, 0) is 30.8 Å². The fourth-order valence-corrected chi connectivity index (χ4v) is 5.18. The molecule has 1 unspecified atom stereocenters. The Hall–Kier alpha value is -1.73.